The lowest BCUT2D eigenvalue weighted by atomic mass is 9.89. The Morgan fingerprint density at radius 2 is 2.04 bits per heavy atom. The summed E-state index contributed by atoms with van der Waals surface area (Å²) in [6.45, 7) is -0.0971. The van der Waals surface area contributed by atoms with Crippen molar-refractivity contribution in [1.82, 2.24) is 0 Å². The van der Waals surface area contributed by atoms with Crippen molar-refractivity contribution in [1.29, 1.82) is 0 Å². The van der Waals surface area contributed by atoms with Gasteiger partial charge in [0.1, 0.15) is 11.8 Å². The Hall–Kier alpha value is -1.38. The molecule has 1 aromatic rings. The van der Waals surface area contributed by atoms with E-state index in [-0.39, 0.29) is 48.1 Å². The van der Waals surface area contributed by atoms with E-state index in [0.29, 0.717) is 5.69 Å². The first-order valence-electron chi connectivity index (χ1n) is 7.52. The molecule has 2 saturated heterocycles. The molecule has 2 aliphatic heterocycles. The topological polar surface area (TPSA) is 83.9 Å². The Kier molecular flexibility index (Phi) is 4.48. The van der Waals surface area contributed by atoms with Crippen LogP contribution in [0.2, 0.25) is 5.02 Å². The summed E-state index contributed by atoms with van der Waals surface area (Å²) in [6.07, 6.45) is -1.47. The number of halogens is 2. The fraction of sp³-hybridized carbons (Fsp3) is 0.533. The number of ether oxygens (including phenoxy) is 1. The van der Waals surface area contributed by atoms with E-state index in [0.717, 1.165) is 0 Å². The second-order valence-electron chi connectivity index (χ2n) is 6.08. The van der Waals surface area contributed by atoms with Crippen molar-refractivity contribution in [3.8, 4) is 0 Å². The van der Waals surface area contributed by atoms with Crippen LogP contribution in [0.1, 0.15) is 18.4 Å². The lowest BCUT2D eigenvalue weighted by Gasteiger charge is -2.31. The third-order valence-electron chi connectivity index (χ3n) is 4.44. The number of nitrogens with zero attached hydrogens (tertiary/aromatic N) is 1. The van der Waals surface area contributed by atoms with Crippen molar-refractivity contribution in [2.45, 2.75) is 24.6 Å². The molecule has 2 heterocycles. The predicted molar refractivity (Wildman–Crippen MR) is 86.8 cm³/mol. The maximum absolute atomic E-state index is 15.1. The molecule has 1 atom stereocenters. The number of sulfone groups is 1. The first-order valence-corrected chi connectivity index (χ1v) is 9.72. The van der Waals surface area contributed by atoms with Gasteiger partial charge in [-0.15, -0.1) is 0 Å². The second-order valence-corrected chi connectivity index (χ2v) is 8.79. The third-order valence-corrected chi connectivity index (χ3v) is 6.41. The van der Waals surface area contributed by atoms with Crippen molar-refractivity contribution >= 4 is 33.2 Å². The minimum Gasteiger partial charge on any atom is -0.441 e. The highest BCUT2D eigenvalue weighted by molar-refractivity contribution is 7.91. The van der Waals surface area contributed by atoms with Gasteiger partial charge >= 0.3 is 6.09 Å². The number of cyclic esters (lactones) is 1. The minimum absolute atomic E-state index is 0.132. The van der Waals surface area contributed by atoms with Crippen molar-refractivity contribution in [3.05, 3.63) is 28.8 Å². The largest absolute Gasteiger partial charge is 0.441 e. The van der Waals surface area contributed by atoms with Gasteiger partial charge in [0.25, 0.3) is 0 Å². The van der Waals surface area contributed by atoms with Crippen LogP contribution in [0.5, 0.6) is 0 Å². The van der Waals surface area contributed by atoms with Crippen molar-refractivity contribution in [2.75, 3.05) is 29.6 Å². The average Bonchev–Trinajstić information content (AvgIpc) is 2.91. The van der Waals surface area contributed by atoms with Crippen LogP contribution >= 0.6 is 11.6 Å². The average molecular weight is 378 g/mol. The second kappa shape index (κ2) is 6.16. The van der Waals surface area contributed by atoms with Crippen LogP contribution in [0.15, 0.2) is 18.2 Å². The van der Waals surface area contributed by atoms with E-state index >= 15 is 4.39 Å². The molecule has 24 heavy (non-hydrogen) atoms. The van der Waals surface area contributed by atoms with Crippen LogP contribution in [0.4, 0.5) is 14.9 Å². The maximum Gasteiger partial charge on any atom is 0.414 e. The number of anilines is 1. The summed E-state index contributed by atoms with van der Waals surface area (Å²) in [5.41, 5.74) is -1.12. The summed E-state index contributed by atoms with van der Waals surface area (Å²) >= 11 is 6.20. The number of hydrogen-bond donors (Lipinski definition) is 1. The molecule has 0 aliphatic carbocycles. The monoisotopic (exact) mass is 377 g/mol. The van der Waals surface area contributed by atoms with Gasteiger partial charge in [-0.1, -0.05) is 17.7 Å². The molecule has 1 aromatic carbocycles. The standard InChI is InChI=1S/C15H17ClFNO5S/c16-13-7-10(18-8-11(9-19)23-14(18)20)1-2-12(13)15(17)3-5-24(21,22)6-4-15/h1-2,7,11,19H,3-6,8-9H2/t11-/m1/s1. The van der Waals surface area contributed by atoms with E-state index in [4.69, 9.17) is 21.4 Å². The van der Waals surface area contributed by atoms with Crippen molar-refractivity contribution in [3.63, 3.8) is 0 Å². The normalized spacial score (nSPS) is 25.5. The van der Waals surface area contributed by atoms with Gasteiger partial charge in [0.2, 0.25) is 0 Å². The first-order chi connectivity index (χ1) is 11.2. The summed E-state index contributed by atoms with van der Waals surface area (Å²) in [6, 6.07) is 4.49. The van der Waals surface area contributed by atoms with Gasteiger partial charge in [-0.25, -0.2) is 17.6 Å². The number of amides is 1. The zero-order valence-corrected chi connectivity index (χ0v) is 14.3. The molecule has 6 nitrogen and oxygen atoms in total. The van der Waals surface area contributed by atoms with Gasteiger partial charge in [0.15, 0.2) is 9.84 Å². The maximum atomic E-state index is 15.1. The van der Waals surface area contributed by atoms with Gasteiger partial charge in [-0.3, -0.25) is 4.90 Å². The van der Waals surface area contributed by atoms with Gasteiger partial charge < -0.3 is 9.84 Å². The van der Waals surface area contributed by atoms with E-state index in [1.807, 2.05) is 0 Å². The molecule has 0 spiro atoms. The van der Waals surface area contributed by atoms with E-state index in [9.17, 15) is 13.2 Å². The van der Waals surface area contributed by atoms with Crippen LogP contribution in [-0.2, 0) is 20.2 Å². The number of hydrogen-bond acceptors (Lipinski definition) is 5. The van der Waals surface area contributed by atoms with Crippen LogP contribution in [-0.4, -0.2) is 50.4 Å². The predicted octanol–water partition coefficient (Wildman–Crippen LogP) is 2.03. The fourth-order valence-corrected chi connectivity index (χ4v) is 4.81. The molecule has 0 unspecified atom stereocenters. The zero-order chi connectivity index (χ0) is 17.5. The Balaban J connectivity index is 1.84. The number of carbonyl (C=O) groups excluding carboxylic acids is 1. The lowest BCUT2D eigenvalue weighted by Crippen LogP contribution is -2.34. The molecule has 3 rings (SSSR count). The highest BCUT2D eigenvalue weighted by Crippen LogP contribution is 2.42. The number of alkyl halides is 1. The van der Waals surface area contributed by atoms with Crippen LogP contribution in [0, 0.1) is 0 Å². The minimum atomic E-state index is -3.19. The number of aliphatic hydroxyl groups is 1. The molecule has 0 saturated carbocycles. The Bertz CT molecular complexity index is 755. The SMILES string of the molecule is O=C1O[C@@H](CO)CN1c1ccc(C2(F)CCS(=O)(=O)CC2)c(Cl)c1. The van der Waals surface area contributed by atoms with Crippen molar-refractivity contribution < 1.29 is 27.4 Å². The van der Waals surface area contributed by atoms with Gasteiger partial charge in [-0.2, -0.15) is 0 Å². The highest BCUT2D eigenvalue weighted by Gasteiger charge is 2.41. The molecule has 0 bridgehead atoms. The molecular weight excluding hydrogens is 361 g/mol. The highest BCUT2D eigenvalue weighted by atomic mass is 35.5. The summed E-state index contributed by atoms with van der Waals surface area (Å²) in [5.74, 6) is -0.420. The summed E-state index contributed by atoms with van der Waals surface area (Å²) in [4.78, 5) is 13.1. The molecule has 2 fully saturated rings. The van der Waals surface area contributed by atoms with E-state index < -0.39 is 27.7 Å². The Labute approximate surface area is 144 Å². The Morgan fingerprint density at radius 3 is 2.58 bits per heavy atom. The Morgan fingerprint density at radius 1 is 1.38 bits per heavy atom. The fourth-order valence-electron chi connectivity index (χ4n) is 2.99. The number of benzene rings is 1. The van der Waals surface area contributed by atoms with E-state index in [1.54, 1.807) is 6.07 Å². The lowest BCUT2D eigenvalue weighted by molar-refractivity contribution is 0.0963. The van der Waals surface area contributed by atoms with Crippen molar-refractivity contribution in [2.24, 2.45) is 0 Å². The third kappa shape index (κ3) is 3.22. The number of carbonyl (C=O) groups is 1. The quantitative estimate of drug-likeness (QED) is 0.871. The summed E-state index contributed by atoms with van der Waals surface area (Å²) in [7, 11) is -3.19. The molecule has 2 aliphatic rings. The van der Waals surface area contributed by atoms with Gasteiger partial charge in [0.05, 0.1) is 24.7 Å². The molecule has 0 radical (unpaired) electrons. The van der Waals surface area contributed by atoms with E-state index in [2.05, 4.69) is 0 Å². The van der Waals surface area contributed by atoms with Gasteiger partial charge in [-0.05, 0) is 25.0 Å². The van der Waals surface area contributed by atoms with Gasteiger partial charge in [0, 0.05) is 16.3 Å². The van der Waals surface area contributed by atoms with Crippen LogP contribution in [0.3, 0.4) is 0 Å². The molecule has 132 valence electrons. The smallest absolute Gasteiger partial charge is 0.414 e. The molecule has 9 heteroatoms. The molecule has 1 N–H and O–H groups in total. The molecule has 0 aromatic heterocycles. The van der Waals surface area contributed by atoms with E-state index in [1.165, 1.54) is 17.0 Å². The summed E-state index contributed by atoms with van der Waals surface area (Å²) < 4.78 is 43.1. The summed E-state index contributed by atoms with van der Waals surface area (Å²) in [5, 5.41) is 9.20. The zero-order valence-electron chi connectivity index (χ0n) is 12.7. The van der Waals surface area contributed by atoms with Crippen LogP contribution < -0.4 is 4.90 Å². The van der Waals surface area contributed by atoms with Crippen LogP contribution in [0.25, 0.3) is 0 Å². The number of aliphatic hydroxyl groups excluding tert-OH is 1. The number of rotatable bonds is 3. The molecular formula is C15H17ClFNO5S. The molecule has 1 amide bonds. The first kappa shape index (κ1) is 17.4.